The first-order valence-electron chi connectivity index (χ1n) is 9.14. The second-order valence-electron chi connectivity index (χ2n) is 7.37. The number of carbonyl (C=O) groups excluding carboxylic acids is 1. The number of rotatable bonds is 5. The minimum absolute atomic E-state index is 0.0515. The standard InChI is InChI=1S/C19H23NO6/c21-9-16-18-14(7-12(25-16)8-17(22)23)13-6-11(4-5-15(13)26-18)20-19(24)10-2-1-3-10/h4-6,10,12,14,16,18,21H,1-3,7-9H2,(H,20,24)(H,22,23)/t12-,14-,16-,18+/m0/s1. The zero-order valence-electron chi connectivity index (χ0n) is 14.4. The van der Waals surface area contributed by atoms with Crippen molar-refractivity contribution >= 4 is 17.6 Å². The van der Waals surface area contributed by atoms with Gasteiger partial charge in [0.1, 0.15) is 18.0 Å². The molecule has 1 aliphatic carbocycles. The number of fused-ring (bicyclic) bond motifs is 3. The molecule has 2 heterocycles. The highest BCUT2D eigenvalue weighted by Gasteiger charge is 2.46. The van der Waals surface area contributed by atoms with Gasteiger partial charge in [-0.3, -0.25) is 9.59 Å². The maximum Gasteiger partial charge on any atom is 0.305 e. The third-order valence-electron chi connectivity index (χ3n) is 5.65. The van der Waals surface area contributed by atoms with E-state index in [9.17, 15) is 14.7 Å². The lowest BCUT2D eigenvalue weighted by molar-refractivity contribution is -0.153. The largest absolute Gasteiger partial charge is 0.487 e. The Morgan fingerprint density at radius 1 is 1.27 bits per heavy atom. The number of nitrogens with one attached hydrogen (secondary N) is 1. The number of aliphatic carboxylic acids is 1. The van der Waals surface area contributed by atoms with Crippen molar-refractivity contribution in [2.75, 3.05) is 11.9 Å². The molecule has 0 unspecified atom stereocenters. The van der Waals surface area contributed by atoms with Gasteiger partial charge in [-0.2, -0.15) is 0 Å². The Kier molecular flexibility index (Phi) is 4.58. The van der Waals surface area contributed by atoms with Gasteiger partial charge in [-0.1, -0.05) is 6.42 Å². The maximum absolute atomic E-state index is 12.2. The Hall–Kier alpha value is -2.12. The molecule has 2 fully saturated rings. The molecule has 2 aliphatic heterocycles. The lowest BCUT2D eigenvalue weighted by Gasteiger charge is -2.36. The second kappa shape index (κ2) is 6.89. The van der Waals surface area contributed by atoms with Crippen LogP contribution in [0.4, 0.5) is 5.69 Å². The van der Waals surface area contributed by atoms with Gasteiger partial charge in [0.25, 0.3) is 0 Å². The van der Waals surface area contributed by atoms with E-state index in [0.717, 1.165) is 30.5 Å². The summed E-state index contributed by atoms with van der Waals surface area (Å²) < 4.78 is 11.7. The van der Waals surface area contributed by atoms with Crippen LogP contribution in [0.5, 0.6) is 5.75 Å². The van der Waals surface area contributed by atoms with Gasteiger partial charge in [-0.05, 0) is 37.5 Å². The SMILES string of the molecule is O=C(O)C[C@@H]1C[C@H]2c3cc(NC(=O)C4CCC4)ccc3O[C@H]2[C@H](CO)O1. The Bertz CT molecular complexity index is 716. The van der Waals surface area contributed by atoms with Crippen molar-refractivity contribution in [1.29, 1.82) is 0 Å². The second-order valence-corrected chi connectivity index (χ2v) is 7.37. The predicted octanol–water partition coefficient (Wildman–Crippen LogP) is 1.89. The molecule has 1 amide bonds. The summed E-state index contributed by atoms with van der Waals surface area (Å²) in [7, 11) is 0. The van der Waals surface area contributed by atoms with Crippen LogP contribution in [0, 0.1) is 5.92 Å². The van der Waals surface area contributed by atoms with Gasteiger partial charge < -0.3 is 25.0 Å². The summed E-state index contributed by atoms with van der Waals surface area (Å²) in [4.78, 5) is 23.2. The molecule has 7 nitrogen and oxygen atoms in total. The molecule has 3 N–H and O–H groups in total. The van der Waals surface area contributed by atoms with Crippen LogP contribution >= 0.6 is 0 Å². The van der Waals surface area contributed by atoms with E-state index < -0.39 is 18.2 Å². The third kappa shape index (κ3) is 3.17. The van der Waals surface area contributed by atoms with Crippen LogP contribution < -0.4 is 10.1 Å². The molecule has 140 valence electrons. The quantitative estimate of drug-likeness (QED) is 0.740. The smallest absolute Gasteiger partial charge is 0.305 e. The summed E-state index contributed by atoms with van der Waals surface area (Å²) in [5, 5.41) is 21.7. The molecule has 3 aliphatic rings. The molecule has 1 saturated heterocycles. The van der Waals surface area contributed by atoms with Gasteiger partial charge in [0.2, 0.25) is 5.91 Å². The van der Waals surface area contributed by atoms with Crippen molar-refractivity contribution < 1.29 is 29.3 Å². The van der Waals surface area contributed by atoms with Gasteiger partial charge in [0.15, 0.2) is 0 Å². The van der Waals surface area contributed by atoms with E-state index in [0.29, 0.717) is 12.2 Å². The summed E-state index contributed by atoms with van der Waals surface area (Å²) in [6.45, 7) is -0.226. The van der Waals surface area contributed by atoms with Gasteiger partial charge in [-0.15, -0.1) is 0 Å². The van der Waals surface area contributed by atoms with Crippen molar-refractivity contribution in [2.24, 2.45) is 5.92 Å². The number of hydrogen-bond acceptors (Lipinski definition) is 5. The first kappa shape index (κ1) is 17.3. The van der Waals surface area contributed by atoms with E-state index in [1.165, 1.54) is 0 Å². The minimum atomic E-state index is -0.925. The number of carboxylic acid groups (broad SMARTS) is 1. The normalized spacial score (nSPS) is 29.9. The van der Waals surface area contributed by atoms with Crippen LogP contribution in [0.3, 0.4) is 0 Å². The lowest BCUT2D eigenvalue weighted by atomic mass is 9.83. The van der Waals surface area contributed by atoms with E-state index in [4.69, 9.17) is 14.6 Å². The molecule has 0 aromatic heterocycles. The summed E-state index contributed by atoms with van der Waals surface area (Å²) in [5.41, 5.74) is 1.67. The highest BCUT2D eigenvalue weighted by atomic mass is 16.6. The number of amides is 1. The van der Waals surface area contributed by atoms with Crippen molar-refractivity contribution in [3.8, 4) is 5.75 Å². The minimum Gasteiger partial charge on any atom is -0.487 e. The average Bonchev–Trinajstić information content (AvgIpc) is 2.90. The Labute approximate surface area is 151 Å². The highest BCUT2D eigenvalue weighted by molar-refractivity contribution is 5.93. The fourth-order valence-corrected chi connectivity index (χ4v) is 4.08. The van der Waals surface area contributed by atoms with Gasteiger partial charge in [0.05, 0.1) is 19.1 Å². The first-order valence-corrected chi connectivity index (χ1v) is 9.14. The number of benzene rings is 1. The number of carbonyl (C=O) groups is 2. The van der Waals surface area contributed by atoms with E-state index >= 15 is 0 Å². The fourth-order valence-electron chi connectivity index (χ4n) is 4.08. The maximum atomic E-state index is 12.2. The zero-order chi connectivity index (χ0) is 18.3. The van der Waals surface area contributed by atoms with E-state index in [1.807, 2.05) is 18.2 Å². The average molecular weight is 361 g/mol. The van der Waals surface area contributed by atoms with Gasteiger partial charge in [0, 0.05) is 23.1 Å². The molecule has 4 atom stereocenters. The van der Waals surface area contributed by atoms with Crippen LogP contribution in [0.1, 0.15) is 43.6 Å². The molecule has 0 radical (unpaired) electrons. The number of hydrogen-bond donors (Lipinski definition) is 3. The molecular weight excluding hydrogens is 338 g/mol. The van der Waals surface area contributed by atoms with Gasteiger partial charge >= 0.3 is 5.97 Å². The molecule has 4 rings (SSSR count). The summed E-state index contributed by atoms with van der Waals surface area (Å²) in [5.74, 6) is -0.115. The van der Waals surface area contributed by atoms with Crippen molar-refractivity contribution in [3.05, 3.63) is 23.8 Å². The monoisotopic (exact) mass is 361 g/mol. The Morgan fingerprint density at radius 3 is 2.73 bits per heavy atom. The highest BCUT2D eigenvalue weighted by Crippen LogP contribution is 2.47. The fraction of sp³-hybridized carbons (Fsp3) is 0.579. The summed E-state index contributed by atoms with van der Waals surface area (Å²) in [6.07, 6.45) is 2.04. The van der Waals surface area contributed by atoms with E-state index in [2.05, 4.69) is 5.32 Å². The molecule has 0 spiro atoms. The van der Waals surface area contributed by atoms with E-state index in [-0.39, 0.29) is 36.9 Å². The Morgan fingerprint density at radius 2 is 2.08 bits per heavy atom. The molecule has 0 bridgehead atoms. The first-order chi connectivity index (χ1) is 12.5. The number of ether oxygens (including phenoxy) is 2. The molecular formula is C19H23NO6. The zero-order valence-corrected chi connectivity index (χ0v) is 14.4. The lowest BCUT2D eigenvalue weighted by Crippen LogP contribution is -2.46. The Balaban J connectivity index is 1.54. The third-order valence-corrected chi connectivity index (χ3v) is 5.65. The van der Waals surface area contributed by atoms with Crippen molar-refractivity contribution in [1.82, 2.24) is 0 Å². The van der Waals surface area contributed by atoms with Crippen LogP contribution in [0.25, 0.3) is 0 Å². The van der Waals surface area contributed by atoms with Crippen LogP contribution in [0.15, 0.2) is 18.2 Å². The number of aliphatic hydroxyl groups is 1. The molecule has 1 aromatic rings. The predicted molar refractivity (Wildman–Crippen MR) is 92.2 cm³/mol. The van der Waals surface area contributed by atoms with Gasteiger partial charge in [-0.25, -0.2) is 0 Å². The number of carboxylic acids is 1. The molecule has 7 heteroatoms. The molecule has 1 saturated carbocycles. The summed E-state index contributed by atoms with van der Waals surface area (Å²) >= 11 is 0. The van der Waals surface area contributed by atoms with Crippen LogP contribution in [-0.2, 0) is 14.3 Å². The molecule has 1 aromatic carbocycles. The number of aliphatic hydroxyl groups excluding tert-OH is 1. The van der Waals surface area contributed by atoms with E-state index in [1.54, 1.807) is 0 Å². The van der Waals surface area contributed by atoms with Crippen LogP contribution in [0.2, 0.25) is 0 Å². The van der Waals surface area contributed by atoms with Crippen molar-refractivity contribution in [3.63, 3.8) is 0 Å². The number of anilines is 1. The topological polar surface area (TPSA) is 105 Å². The molecule has 26 heavy (non-hydrogen) atoms. The summed E-state index contributed by atoms with van der Waals surface area (Å²) in [6, 6.07) is 5.55. The van der Waals surface area contributed by atoms with Crippen LogP contribution in [-0.4, -0.2) is 47.0 Å². The van der Waals surface area contributed by atoms with Crippen molar-refractivity contribution in [2.45, 2.75) is 56.3 Å².